The van der Waals surface area contributed by atoms with Crippen molar-refractivity contribution in [2.75, 3.05) is 6.54 Å². The van der Waals surface area contributed by atoms with Crippen LogP contribution in [-0.2, 0) is 26.2 Å². The van der Waals surface area contributed by atoms with Crippen LogP contribution in [0.3, 0.4) is 0 Å². The Labute approximate surface area is 166 Å². The lowest BCUT2D eigenvalue weighted by molar-refractivity contribution is -0.143. The van der Waals surface area contributed by atoms with Crippen LogP contribution in [-0.4, -0.2) is 26.0 Å². The predicted molar refractivity (Wildman–Crippen MR) is 105 cm³/mol. The number of hydrogen-bond acceptors (Lipinski definition) is 7. The molecule has 2 N–H and O–H groups in total. The second kappa shape index (κ2) is 8.06. The maximum Gasteiger partial charge on any atom is 0.336 e. The highest BCUT2D eigenvalue weighted by atomic mass is 32.2. The van der Waals surface area contributed by atoms with E-state index in [4.69, 9.17) is 9.15 Å². The minimum atomic E-state index is -3.85. The molecule has 3 rings (SSSR count). The molecule has 0 amide bonds. The summed E-state index contributed by atoms with van der Waals surface area (Å²) in [6.45, 7) is 2.61. The van der Waals surface area contributed by atoms with Crippen molar-refractivity contribution in [3.8, 4) is 5.75 Å². The van der Waals surface area contributed by atoms with Gasteiger partial charge >= 0.3 is 11.6 Å². The molecule has 0 saturated carbocycles. The Morgan fingerprint density at radius 3 is 2.52 bits per heavy atom. The van der Waals surface area contributed by atoms with E-state index in [1.54, 1.807) is 25.1 Å². The van der Waals surface area contributed by atoms with Crippen molar-refractivity contribution in [1.29, 1.82) is 0 Å². The number of benzene rings is 2. The van der Waals surface area contributed by atoms with Gasteiger partial charge in [-0.1, -0.05) is 17.7 Å². The number of phenols is 1. The number of aryl methyl sites for hydroxylation is 2. The van der Waals surface area contributed by atoms with Crippen molar-refractivity contribution >= 4 is 27.0 Å². The van der Waals surface area contributed by atoms with E-state index in [-0.39, 0.29) is 22.8 Å². The van der Waals surface area contributed by atoms with Gasteiger partial charge in [-0.05, 0) is 38.1 Å². The molecule has 1 aromatic heterocycles. The van der Waals surface area contributed by atoms with Gasteiger partial charge in [0.25, 0.3) is 0 Å². The molecule has 0 aliphatic rings. The maximum absolute atomic E-state index is 12.2. The second-order valence-corrected chi connectivity index (χ2v) is 8.24. The van der Waals surface area contributed by atoms with Crippen LogP contribution in [0.1, 0.15) is 16.7 Å². The number of ether oxygens (including phenoxy) is 1. The number of aromatic hydroxyl groups is 1. The molecule has 0 bridgehead atoms. The van der Waals surface area contributed by atoms with Crippen LogP contribution in [0.2, 0.25) is 0 Å². The summed E-state index contributed by atoms with van der Waals surface area (Å²) in [7, 11) is -3.85. The van der Waals surface area contributed by atoms with Crippen molar-refractivity contribution in [3.05, 3.63) is 69.6 Å². The number of phenolic OH excluding ortho intramolecular Hbond substituents is 1. The molecule has 29 heavy (non-hydrogen) atoms. The second-order valence-electron chi connectivity index (χ2n) is 6.48. The Bertz CT molecular complexity index is 1230. The summed E-state index contributed by atoms with van der Waals surface area (Å²) in [5, 5.41) is 10.3. The fourth-order valence-electron chi connectivity index (χ4n) is 2.70. The number of carbonyl (C=O) groups is 1. The molecular weight excluding hydrogens is 398 g/mol. The maximum atomic E-state index is 12.2. The van der Waals surface area contributed by atoms with Gasteiger partial charge in [0.2, 0.25) is 10.0 Å². The fraction of sp³-hybridized carbons (Fsp3) is 0.200. The average Bonchev–Trinajstić information content (AvgIpc) is 2.68. The Kier molecular flexibility index (Phi) is 5.71. The molecule has 0 aliphatic carbocycles. The zero-order valence-electron chi connectivity index (χ0n) is 15.8. The Morgan fingerprint density at radius 1 is 1.14 bits per heavy atom. The van der Waals surface area contributed by atoms with Crippen molar-refractivity contribution in [2.24, 2.45) is 0 Å². The smallest absolute Gasteiger partial charge is 0.336 e. The van der Waals surface area contributed by atoms with Gasteiger partial charge in [0.1, 0.15) is 24.5 Å². The van der Waals surface area contributed by atoms with E-state index in [0.29, 0.717) is 16.5 Å². The van der Waals surface area contributed by atoms with Gasteiger partial charge in [0.15, 0.2) is 0 Å². The van der Waals surface area contributed by atoms with Gasteiger partial charge < -0.3 is 14.3 Å². The number of fused-ring (bicyclic) bond motifs is 1. The normalized spacial score (nSPS) is 11.5. The summed E-state index contributed by atoms with van der Waals surface area (Å²) in [6, 6.07) is 10.4. The van der Waals surface area contributed by atoms with Crippen LogP contribution >= 0.6 is 0 Å². The first-order valence-electron chi connectivity index (χ1n) is 8.64. The quantitative estimate of drug-likeness (QED) is 0.465. The molecule has 0 unspecified atom stereocenters. The van der Waals surface area contributed by atoms with Gasteiger partial charge in [-0.3, -0.25) is 4.79 Å². The zero-order chi connectivity index (χ0) is 21.2. The highest BCUT2D eigenvalue weighted by molar-refractivity contribution is 7.89. The Morgan fingerprint density at radius 2 is 1.83 bits per heavy atom. The first-order valence-corrected chi connectivity index (χ1v) is 10.1. The molecule has 0 aliphatic heterocycles. The molecular formula is C20H19NO7S. The summed E-state index contributed by atoms with van der Waals surface area (Å²) in [4.78, 5) is 23.8. The number of hydrogen-bond donors (Lipinski definition) is 2. The van der Waals surface area contributed by atoms with Gasteiger partial charge in [-0.2, -0.15) is 4.72 Å². The number of rotatable bonds is 6. The van der Waals surface area contributed by atoms with Crippen LogP contribution in [0, 0.1) is 13.8 Å². The number of sulfonamides is 1. The average molecular weight is 417 g/mol. The number of carbonyl (C=O) groups excluding carboxylic acids is 1. The van der Waals surface area contributed by atoms with E-state index >= 15 is 0 Å². The van der Waals surface area contributed by atoms with Crippen molar-refractivity contribution in [1.82, 2.24) is 4.72 Å². The van der Waals surface area contributed by atoms with Crippen molar-refractivity contribution in [2.45, 2.75) is 25.3 Å². The van der Waals surface area contributed by atoms with Crippen LogP contribution in [0.5, 0.6) is 5.75 Å². The molecule has 152 valence electrons. The zero-order valence-corrected chi connectivity index (χ0v) is 16.6. The lowest BCUT2D eigenvalue weighted by Gasteiger charge is -2.10. The Hall–Kier alpha value is -3.17. The van der Waals surface area contributed by atoms with Gasteiger partial charge in [-0.15, -0.1) is 0 Å². The van der Waals surface area contributed by atoms with Gasteiger partial charge in [0, 0.05) is 22.6 Å². The predicted octanol–water partition coefficient (Wildman–Crippen LogP) is 2.14. The van der Waals surface area contributed by atoms with Crippen LogP contribution in [0.25, 0.3) is 11.0 Å². The molecule has 0 fully saturated rings. The Balaban J connectivity index is 1.69. The molecule has 0 spiro atoms. The first-order chi connectivity index (χ1) is 13.7. The SMILES string of the molecule is Cc1ccc(S(=O)(=O)NCC(=O)OCc2cc(=O)oc3c(C)c(O)ccc23)cc1. The van der Waals surface area contributed by atoms with Crippen molar-refractivity contribution in [3.63, 3.8) is 0 Å². The summed E-state index contributed by atoms with van der Waals surface area (Å²) in [6.07, 6.45) is 0. The molecule has 0 radical (unpaired) electrons. The summed E-state index contributed by atoms with van der Waals surface area (Å²) < 4.78 is 36.8. The highest BCUT2D eigenvalue weighted by Crippen LogP contribution is 2.27. The van der Waals surface area contributed by atoms with E-state index in [0.717, 1.165) is 5.56 Å². The van der Waals surface area contributed by atoms with E-state index < -0.39 is 28.2 Å². The molecule has 9 heteroatoms. The lowest BCUT2D eigenvalue weighted by Crippen LogP contribution is -2.30. The third-order valence-electron chi connectivity index (χ3n) is 4.34. The van der Waals surface area contributed by atoms with Crippen molar-refractivity contribution < 1.29 is 27.5 Å². The minimum Gasteiger partial charge on any atom is -0.508 e. The summed E-state index contributed by atoms with van der Waals surface area (Å²) in [5.74, 6) is -0.835. The molecule has 8 nitrogen and oxygen atoms in total. The standard InChI is InChI=1S/C20H19NO7S/c1-12-3-5-15(6-4-12)29(25,26)21-10-19(24)27-11-14-9-18(23)28-20-13(2)17(22)8-7-16(14)20/h3-9,21-22H,10-11H2,1-2H3. The van der Waals surface area contributed by atoms with Crippen LogP contribution in [0.15, 0.2) is 56.6 Å². The van der Waals surface area contributed by atoms with E-state index in [9.17, 15) is 23.1 Å². The monoisotopic (exact) mass is 417 g/mol. The molecule has 0 atom stereocenters. The molecule has 1 heterocycles. The van der Waals surface area contributed by atoms with Gasteiger partial charge in [-0.25, -0.2) is 13.2 Å². The van der Waals surface area contributed by atoms with E-state index in [1.165, 1.54) is 24.3 Å². The largest absolute Gasteiger partial charge is 0.508 e. The highest BCUT2D eigenvalue weighted by Gasteiger charge is 2.17. The fourth-order valence-corrected chi connectivity index (χ4v) is 3.67. The molecule has 3 aromatic rings. The van der Waals surface area contributed by atoms with E-state index in [2.05, 4.69) is 4.72 Å². The third-order valence-corrected chi connectivity index (χ3v) is 5.76. The minimum absolute atomic E-state index is 0.0275. The molecule has 2 aromatic carbocycles. The van der Waals surface area contributed by atoms with Crippen LogP contribution < -0.4 is 10.3 Å². The van der Waals surface area contributed by atoms with Crippen LogP contribution in [0.4, 0.5) is 0 Å². The van der Waals surface area contributed by atoms with Gasteiger partial charge in [0.05, 0.1) is 4.90 Å². The topological polar surface area (TPSA) is 123 Å². The van der Waals surface area contributed by atoms with E-state index in [1.807, 2.05) is 6.92 Å². The number of esters is 1. The first kappa shape index (κ1) is 20.6. The molecule has 0 saturated heterocycles. The third kappa shape index (κ3) is 4.64. The number of nitrogens with one attached hydrogen (secondary N) is 1. The lowest BCUT2D eigenvalue weighted by atomic mass is 10.1. The summed E-state index contributed by atoms with van der Waals surface area (Å²) in [5.41, 5.74) is 1.22. The summed E-state index contributed by atoms with van der Waals surface area (Å²) >= 11 is 0.